The molecule has 1 aliphatic rings. The zero-order valence-corrected chi connectivity index (χ0v) is 12.1. The number of aromatic nitrogens is 2. The van der Waals surface area contributed by atoms with Crippen LogP contribution in [-0.2, 0) is 11.4 Å². The Balaban J connectivity index is 1.64. The van der Waals surface area contributed by atoms with Crippen molar-refractivity contribution in [3.05, 3.63) is 48.2 Å². The number of hydrogen-bond donors (Lipinski definition) is 1. The van der Waals surface area contributed by atoms with E-state index < -0.39 is 5.97 Å². The summed E-state index contributed by atoms with van der Waals surface area (Å²) in [5, 5.41) is 9.05. The molecule has 0 aliphatic carbocycles. The van der Waals surface area contributed by atoms with Gasteiger partial charge >= 0.3 is 5.97 Å². The largest absolute Gasteiger partial charge is 0.481 e. The molecule has 0 spiro atoms. The Morgan fingerprint density at radius 3 is 2.86 bits per heavy atom. The molecule has 3 rings (SSSR count). The first-order chi connectivity index (χ1) is 10.7. The first kappa shape index (κ1) is 14.3. The SMILES string of the molecule is O=C(O)C1CCN(c2nccc(OCc3ccccc3)n2)C1. The normalized spacial score (nSPS) is 17.5. The highest BCUT2D eigenvalue weighted by Gasteiger charge is 2.29. The number of carboxylic acid groups (broad SMARTS) is 1. The molecule has 0 saturated carbocycles. The molecule has 1 unspecified atom stereocenters. The highest BCUT2D eigenvalue weighted by atomic mass is 16.5. The number of aliphatic carboxylic acids is 1. The Hall–Kier alpha value is -2.63. The van der Waals surface area contributed by atoms with Crippen LogP contribution in [0.5, 0.6) is 5.88 Å². The highest BCUT2D eigenvalue weighted by molar-refractivity contribution is 5.71. The van der Waals surface area contributed by atoms with Gasteiger partial charge in [0, 0.05) is 25.4 Å². The molecule has 22 heavy (non-hydrogen) atoms. The maximum atomic E-state index is 11.0. The number of ether oxygens (including phenoxy) is 1. The predicted molar refractivity (Wildman–Crippen MR) is 80.8 cm³/mol. The van der Waals surface area contributed by atoms with E-state index in [-0.39, 0.29) is 5.92 Å². The van der Waals surface area contributed by atoms with Crippen molar-refractivity contribution in [2.24, 2.45) is 5.92 Å². The minimum absolute atomic E-state index is 0.350. The van der Waals surface area contributed by atoms with Crippen molar-refractivity contribution in [3.63, 3.8) is 0 Å². The van der Waals surface area contributed by atoms with Crippen LogP contribution >= 0.6 is 0 Å². The van der Waals surface area contributed by atoms with Gasteiger partial charge in [-0.25, -0.2) is 4.98 Å². The van der Waals surface area contributed by atoms with Gasteiger partial charge in [0.25, 0.3) is 0 Å². The summed E-state index contributed by atoms with van der Waals surface area (Å²) >= 11 is 0. The summed E-state index contributed by atoms with van der Waals surface area (Å²) in [7, 11) is 0. The van der Waals surface area contributed by atoms with E-state index in [2.05, 4.69) is 9.97 Å². The number of rotatable bonds is 5. The molecule has 1 saturated heterocycles. The lowest BCUT2D eigenvalue weighted by molar-refractivity contribution is -0.140. The minimum Gasteiger partial charge on any atom is -0.481 e. The topological polar surface area (TPSA) is 75.5 Å². The lowest BCUT2D eigenvalue weighted by atomic mass is 10.1. The third kappa shape index (κ3) is 3.33. The van der Waals surface area contributed by atoms with Gasteiger partial charge in [0.2, 0.25) is 11.8 Å². The van der Waals surface area contributed by atoms with Crippen LogP contribution in [0.15, 0.2) is 42.6 Å². The van der Waals surface area contributed by atoms with Crippen LogP contribution in [0.1, 0.15) is 12.0 Å². The lowest BCUT2D eigenvalue weighted by Gasteiger charge is -2.16. The van der Waals surface area contributed by atoms with Crippen molar-refractivity contribution < 1.29 is 14.6 Å². The van der Waals surface area contributed by atoms with Gasteiger partial charge in [-0.1, -0.05) is 30.3 Å². The van der Waals surface area contributed by atoms with Crippen molar-refractivity contribution in [2.75, 3.05) is 18.0 Å². The minimum atomic E-state index is -0.765. The third-order valence-electron chi connectivity index (χ3n) is 3.67. The van der Waals surface area contributed by atoms with Gasteiger partial charge in [-0.15, -0.1) is 0 Å². The number of anilines is 1. The Kier molecular flexibility index (Phi) is 4.18. The van der Waals surface area contributed by atoms with Crippen LogP contribution in [-0.4, -0.2) is 34.1 Å². The first-order valence-electron chi connectivity index (χ1n) is 7.20. The summed E-state index contributed by atoms with van der Waals surface area (Å²) in [6.07, 6.45) is 2.25. The quantitative estimate of drug-likeness (QED) is 0.909. The molecule has 6 heteroatoms. The second-order valence-electron chi connectivity index (χ2n) is 5.24. The highest BCUT2D eigenvalue weighted by Crippen LogP contribution is 2.22. The van der Waals surface area contributed by atoms with Crippen molar-refractivity contribution in [1.82, 2.24) is 9.97 Å². The zero-order valence-electron chi connectivity index (χ0n) is 12.1. The zero-order chi connectivity index (χ0) is 15.4. The monoisotopic (exact) mass is 299 g/mol. The number of benzene rings is 1. The predicted octanol–water partition coefficient (Wildman–Crippen LogP) is 1.97. The number of nitrogens with zero attached hydrogens (tertiary/aromatic N) is 3. The molecule has 1 fully saturated rings. The number of carboxylic acids is 1. The Morgan fingerprint density at radius 1 is 1.32 bits per heavy atom. The summed E-state index contributed by atoms with van der Waals surface area (Å²) < 4.78 is 5.67. The van der Waals surface area contributed by atoms with E-state index in [4.69, 9.17) is 9.84 Å². The fourth-order valence-electron chi connectivity index (χ4n) is 2.44. The van der Waals surface area contributed by atoms with Gasteiger partial charge in [-0.05, 0) is 12.0 Å². The van der Waals surface area contributed by atoms with Crippen LogP contribution in [0.2, 0.25) is 0 Å². The number of hydrogen-bond acceptors (Lipinski definition) is 5. The van der Waals surface area contributed by atoms with Crippen LogP contribution in [0.4, 0.5) is 5.95 Å². The molecule has 1 aromatic carbocycles. The average molecular weight is 299 g/mol. The van der Waals surface area contributed by atoms with Gasteiger partial charge in [0.1, 0.15) is 6.61 Å². The Bertz CT molecular complexity index is 648. The first-order valence-corrected chi connectivity index (χ1v) is 7.20. The van der Waals surface area contributed by atoms with Crippen molar-refractivity contribution in [3.8, 4) is 5.88 Å². The molecular weight excluding hydrogens is 282 g/mol. The van der Waals surface area contributed by atoms with E-state index in [1.165, 1.54) is 0 Å². The Labute approximate surface area is 128 Å². The maximum Gasteiger partial charge on any atom is 0.308 e. The molecule has 1 aromatic heterocycles. The molecule has 6 nitrogen and oxygen atoms in total. The van der Waals surface area contributed by atoms with Crippen molar-refractivity contribution >= 4 is 11.9 Å². The molecule has 1 atom stereocenters. The molecule has 1 N–H and O–H groups in total. The van der Waals surface area contributed by atoms with Gasteiger partial charge in [-0.2, -0.15) is 4.98 Å². The second kappa shape index (κ2) is 6.43. The summed E-state index contributed by atoms with van der Waals surface area (Å²) in [6, 6.07) is 11.6. The number of carbonyl (C=O) groups is 1. The average Bonchev–Trinajstić information content (AvgIpc) is 3.05. The second-order valence-corrected chi connectivity index (χ2v) is 5.24. The van der Waals surface area contributed by atoms with E-state index in [1.54, 1.807) is 12.3 Å². The van der Waals surface area contributed by atoms with E-state index in [1.807, 2.05) is 35.2 Å². The van der Waals surface area contributed by atoms with Crippen molar-refractivity contribution in [2.45, 2.75) is 13.0 Å². The lowest BCUT2D eigenvalue weighted by Crippen LogP contribution is -2.24. The van der Waals surface area contributed by atoms with Gasteiger partial charge in [0.05, 0.1) is 5.92 Å². The molecule has 0 radical (unpaired) electrons. The molecule has 0 bridgehead atoms. The fourth-order valence-corrected chi connectivity index (χ4v) is 2.44. The third-order valence-corrected chi connectivity index (χ3v) is 3.67. The van der Waals surface area contributed by atoms with E-state index >= 15 is 0 Å². The Morgan fingerprint density at radius 2 is 2.14 bits per heavy atom. The smallest absolute Gasteiger partial charge is 0.308 e. The fraction of sp³-hybridized carbons (Fsp3) is 0.312. The molecule has 114 valence electrons. The van der Waals surface area contributed by atoms with Crippen LogP contribution < -0.4 is 9.64 Å². The summed E-state index contributed by atoms with van der Waals surface area (Å²) in [6.45, 7) is 1.53. The van der Waals surface area contributed by atoms with Crippen LogP contribution in [0.3, 0.4) is 0 Å². The summed E-state index contributed by atoms with van der Waals surface area (Å²) in [5.74, 6) is -0.0987. The van der Waals surface area contributed by atoms with E-state index in [0.29, 0.717) is 37.9 Å². The summed E-state index contributed by atoms with van der Waals surface area (Å²) in [4.78, 5) is 21.5. The molecule has 0 amide bonds. The van der Waals surface area contributed by atoms with Gasteiger partial charge < -0.3 is 14.7 Å². The van der Waals surface area contributed by atoms with Gasteiger partial charge in [0.15, 0.2) is 0 Å². The standard InChI is InChI=1S/C16H17N3O3/c20-15(21)13-7-9-19(10-13)16-17-8-6-14(18-16)22-11-12-4-2-1-3-5-12/h1-6,8,13H,7,9-11H2,(H,20,21). The molecular formula is C16H17N3O3. The maximum absolute atomic E-state index is 11.0. The van der Waals surface area contributed by atoms with Crippen molar-refractivity contribution in [1.29, 1.82) is 0 Å². The van der Waals surface area contributed by atoms with Gasteiger partial charge in [-0.3, -0.25) is 4.79 Å². The van der Waals surface area contributed by atoms with E-state index in [9.17, 15) is 4.79 Å². The summed E-state index contributed by atoms with van der Waals surface area (Å²) in [5.41, 5.74) is 1.06. The van der Waals surface area contributed by atoms with Crippen LogP contribution in [0, 0.1) is 5.92 Å². The molecule has 2 aromatic rings. The molecule has 1 aliphatic heterocycles. The molecule has 2 heterocycles. The van der Waals surface area contributed by atoms with Crippen LogP contribution in [0.25, 0.3) is 0 Å². The van der Waals surface area contributed by atoms with E-state index in [0.717, 1.165) is 5.56 Å².